The summed E-state index contributed by atoms with van der Waals surface area (Å²) in [5.41, 5.74) is -0.105. The van der Waals surface area contributed by atoms with Gasteiger partial charge >= 0.3 is 0 Å². The van der Waals surface area contributed by atoms with E-state index in [0.717, 1.165) is 25.0 Å². The van der Waals surface area contributed by atoms with Gasteiger partial charge in [0, 0.05) is 19.2 Å². The summed E-state index contributed by atoms with van der Waals surface area (Å²) in [6, 6.07) is 4.99. The Labute approximate surface area is 146 Å². The van der Waals surface area contributed by atoms with Gasteiger partial charge in [0.15, 0.2) is 0 Å². The predicted molar refractivity (Wildman–Crippen MR) is 92.9 cm³/mol. The summed E-state index contributed by atoms with van der Waals surface area (Å²) < 4.78 is 27.6. The second-order valence-electron chi connectivity index (χ2n) is 5.70. The van der Waals surface area contributed by atoms with Crippen LogP contribution in [-0.4, -0.2) is 33.9 Å². The summed E-state index contributed by atoms with van der Waals surface area (Å²) in [7, 11) is 0. The molecule has 5 nitrogen and oxygen atoms in total. The van der Waals surface area contributed by atoms with Crippen LogP contribution >= 0.6 is 0 Å². The third-order valence-electron chi connectivity index (χ3n) is 3.55. The van der Waals surface area contributed by atoms with E-state index < -0.39 is 11.6 Å². The number of amides is 1. The lowest BCUT2D eigenvalue weighted by molar-refractivity contribution is 0.0749. The zero-order valence-corrected chi connectivity index (χ0v) is 14.6. The number of para-hydroxylation sites is 1. The number of aromatic nitrogens is 2. The molecule has 1 amide bonds. The molecule has 2 aromatic rings. The predicted octanol–water partition coefficient (Wildman–Crippen LogP) is 4.07. The van der Waals surface area contributed by atoms with Gasteiger partial charge in [-0.15, -0.1) is 0 Å². The van der Waals surface area contributed by atoms with E-state index in [-0.39, 0.29) is 23.1 Å². The maximum absolute atomic E-state index is 13.8. The number of benzene rings is 1. The van der Waals surface area contributed by atoms with Crippen molar-refractivity contribution in [3.63, 3.8) is 0 Å². The molecule has 0 radical (unpaired) electrons. The Morgan fingerprint density at radius 3 is 2.28 bits per heavy atom. The largest absolute Gasteiger partial charge is 0.337 e. The van der Waals surface area contributed by atoms with Gasteiger partial charge in [-0.25, -0.2) is 18.7 Å². The Hall–Kier alpha value is -2.57. The lowest BCUT2D eigenvalue weighted by atomic mass is 10.2. The van der Waals surface area contributed by atoms with Gasteiger partial charge in [0.05, 0.1) is 0 Å². The number of nitrogens with one attached hydrogen (secondary N) is 1. The minimum atomic E-state index is -0.734. The first-order valence-electron chi connectivity index (χ1n) is 8.32. The summed E-state index contributed by atoms with van der Waals surface area (Å²) in [5, 5.41) is 2.61. The summed E-state index contributed by atoms with van der Waals surface area (Å²) in [6.07, 6.45) is 1.67. The zero-order valence-electron chi connectivity index (χ0n) is 14.6. The van der Waals surface area contributed by atoms with Crippen LogP contribution in [0.5, 0.6) is 0 Å². The van der Waals surface area contributed by atoms with E-state index >= 15 is 0 Å². The number of anilines is 2. The Morgan fingerprint density at radius 1 is 1.12 bits per heavy atom. The van der Waals surface area contributed by atoms with Gasteiger partial charge in [-0.1, -0.05) is 19.9 Å². The normalized spacial score (nSPS) is 10.6. The number of rotatable bonds is 7. The molecule has 134 valence electrons. The SMILES string of the molecule is CCCN(CCC)C(=O)c1cc(Nc2c(F)cccc2F)nc(C)n1. The molecule has 1 N–H and O–H groups in total. The highest BCUT2D eigenvalue weighted by Gasteiger charge is 2.18. The second-order valence-corrected chi connectivity index (χ2v) is 5.70. The lowest BCUT2D eigenvalue weighted by Gasteiger charge is -2.21. The van der Waals surface area contributed by atoms with Gasteiger partial charge in [0.1, 0.15) is 34.7 Å². The molecule has 0 unspecified atom stereocenters. The van der Waals surface area contributed by atoms with Gasteiger partial charge in [-0.3, -0.25) is 4.79 Å². The molecule has 0 aliphatic heterocycles. The topological polar surface area (TPSA) is 58.1 Å². The van der Waals surface area contributed by atoms with E-state index in [1.54, 1.807) is 11.8 Å². The standard InChI is InChI=1S/C18H22F2N4O/c1-4-9-24(10-5-2)18(25)15-11-16(22-12(3)21-15)23-17-13(19)7-6-8-14(17)20/h6-8,11H,4-5,9-10H2,1-3H3,(H,21,22,23). The minimum Gasteiger partial charge on any atom is -0.337 e. The first-order chi connectivity index (χ1) is 12.0. The van der Waals surface area contributed by atoms with Crippen molar-refractivity contribution in [2.75, 3.05) is 18.4 Å². The summed E-state index contributed by atoms with van der Waals surface area (Å²) in [5.74, 6) is -1.16. The average molecular weight is 348 g/mol. The van der Waals surface area contributed by atoms with E-state index in [1.807, 2.05) is 13.8 Å². The Kier molecular flexibility index (Phi) is 6.38. The van der Waals surface area contributed by atoms with Crippen LogP contribution in [0.15, 0.2) is 24.3 Å². The third-order valence-corrected chi connectivity index (χ3v) is 3.55. The molecular weight excluding hydrogens is 326 g/mol. The number of hydrogen-bond acceptors (Lipinski definition) is 4. The van der Waals surface area contributed by atoms with Gasteiger partial charge < -0.3 is 10.2 Å². The quantitative estimate of drug-likeness (QED) is 0.819. The molecule has 0 fully saturated rings. The average Bonchev–Trinajstić information content (AvgIpc) is 2.57. The number of hydrogen-bond donors (Lipinski definition) is 1. The van der Waals surface area contributed by atoms with Crippen LogP contribution in [0.4, 0.5) is 20.3 Å². The fraction of sp³-hybridized carbons (Fsp3) is 0.389. The molecule has 0 bridgehead atoms. The van der Waals surface area contributed by atoms with Crippen molar-refractivity contribution in [1.82, 2.24) is 14.9 Å². The fourth-order valence-electron chi connectivity index (χ4n) is 2.50. The number of carbonyl (C=O) groups excluding carboxylic acids is 1. The van der Waals surface area contributed by atoms with Crippen LogP contribution in [0, 0.1) is 18.6 Å². The number of carbonyl (C=O) groups is 1. The number of nitrogens with zero attached hydrogens (tertiary/aromatic N) is 3. The van der Waals surface area contributed by atoms with E-state index in [2.05, 4.69) is 15.3 Å². The Morgan fingerprint density at radius 2 is 1.72 bits per heavy atom. The van der Waals surface area contributed by atoms with Crippen molar-refractivity contribution in [2.45, 2.75) is 33.6 Å². The molecule has 1 heterocycles. The smallest absolute Gasteiger partial charge is 0.272 e. The molecule has 1 aromatic heterocycles. The van der Waals surface area contributed by atoms with E-state index in [4.69, 9.17) is 0 Å². The lowest BCUT2D eigenvalue weighted by Crippen LogP contribution is -2.33. The Balaban J connectivity index is 2.32. The van der Waals surface area contributed by atoms with Crippen molar-refractivity contribution in [2.24, 2.45) is 0 Å². The van der Waals surface area contributed by atoms with E-state index in [1.165, 1.54) is 12.1 Å². The van der Waals surface area contributed by atoms with Crippen LogP contribution in [0.1, 0.15) is 43.0 Å². The van der Waals surface area contributed by atoms with Crippen molar-refractivity contribution in [3.8, 4) is 0 Å². The number of halogens is 2. The van der Waals surface area contributed by atoms with E-state index in [9.17, 15) is 13.6 Å². The molecule has 25 heavy (non-hydrogen) atoms. The summed E-state index contributed by atoms with van der Waals surface area (Å²) in [4.78, 5) is 22.7. The maximum atomic E-state index is 13.8. The number of aryl methyl sites for hydroxylation is 1. The minimum absolute atomic E-state index is 0.174. The highest BCUT2D eigenvalue weighted by molar-refractivity contribution is 5.93. The second kappa shape index (κ2) is 8.50. The van der Waals surface area contributed by atoms with Crippen LogP contribution in [-0.2, 0) is 0 Å². The van der Waals surface area contributed by atoms with Gasteiger partial charge in [-0.05, 0) is 31.9 Å². The van der Waals surface area contributed by atoms with Gasteiger partial charge in [0.25, 0.3) is 5.91 Å². The molecule has 1 aromatic carbocycles. The third kappa shape index (κ3) is 4.71. The Bertz CT molecular complexity index is 726. The van der Waals surface area contributed by atoms with Crippen molar-refractivity contribution in [3.05, 3.63) is 47.4 Å². The van der Waals surface area contributed by atoms with Crippen LogP contribution < -0.4 is 5.32 Å². The summed E-state index contributed by atoms with van der Waals surface area (Å²) in [6.45, 7) is 6.87. The highest BCUT2D eigenvalue weighted by Crippen LogP contribution is 2.22. The zero-order chi connectivity index (χ0) is 18.4. The molecule has 0 aliphatic carbocycles. The first-order valence-corrected chi connectivity index (χ1v) is 8.32. The van der Waals surface area contributed by atoms with Crippen molar-refractivity contribution < 1.29 is 13.6 Å². The highest BCUT2D eigenvalue weighted by atomic mass is 19.1. The van der Waals surface area contributed by atoms with Crippen molar-refractivity contribution >= 4 is 17.4 Å². The molecule has 2 rings (SSSR count). The molecule has 0 spiro atoms. The van der Waals surface area contributed by atoms with Crippen LogP contribution in [0.2, 0.25) is 0 Å². The molecular formula is C18H22F2N4O. The monoisotopic (exact) mass is 348 g/mol. The van der Waals surface area contributed by atoms with Crippen LogP contribution in [0.25, 0.3) is 0 Å². The molecule has 0 saturated carbocycles. The molecule has 0 aliphatic rings. The van der Waals surface area contributed by atoms with Crippen molar-refractivity contribution in [1.29, 1.82) is 0 Å². The maximum Gasteiger partial charge on any atom is 0.272 e. The van der Waals surface area contributed by atoms with Gasteiger partial charge in [0.2, 0.25) is 0 Å². The summed E-state index contributed by atoms with van der Waals surface area (Å²) >= 11 is 0. The van der Waals surface area contributed by atoms with Gasteiger partial charge in [-0.2, -0.15) is 0 Å². The molecule has 0 saturated heterocycles. The first kappa shape index (κ1) is 18.8. The molecule has 0 atom stereocenters. The van der Waals surface area contributed by atoms with E-state index in [0.29, 0.717) is 18.9 Å². The fourth-order valence-corrected chi connectivity index (χ4v) is 2.50. The van der Waals surface area contributed by atoms with Crippen LogP contribution in [0.3, 0.4) is 0 Å². The molecule has 7 heteroatoms.